The fourth-order valence-corrected chi connectivity index (χ4v) is 4.70. The van der Waals surface area contributed by atoms with Gasteiger partial charge in [-0.2, -0.15) is 0 Å². The first-order valence-corrected chi connectivity index (χ1v) is 12.0. The highest BCUT2D eigenvalue weighted by molar-refractivity contribution is 5.41. The number of benzene rings is 2. The van der Waals surface area contributed by atoms with E-state index in [0.29, 0.717) is 0 Å². The maximum atomic E-state index is 5.97. The van der Waals surface area contributed by atoms with Crippen LogP contribution in [0.15, 0.2) is 48.5 Å². The average molecular weight is 423 g/mol. The molecule has 2 aromatic carbocycles. The quantitative estimate of drug-likeness (QED) is 0.540. The molecule has 2 heterocycles. The van der Waals surface area contributed by atoms with Gasteiger partial charge in [0.25, 0.3) is 0 Å². The highest BCUT2D eigenvalue weighted by atomic mass is 16.5. The van der Waals surface area contributed by atoms with E-state index in [1.165, 1.54) is 63.0 Å². The molecular weight excluding hydrogens is 384 g/mol. The molecule has 2 fully saturated rings. The van der Waals surface area contributed by atoms with E-state index in [9.17, 15) is 0 Å². The Hall–Kier alpha value is -2.04. The summed E-state index contributed by atoms with van der Waals surface area (Å²) in [6.07, 6.45) is 5.32. The average Bonchev–Trinajstić information content (AvgIpc) is 3.49. The Morgan fingerprint density at radius 1 is 0.613 bits per heavy atom. The van der Waals surface area contributed by atoms with Crippen molar-refractivity contribution in [1.29, 1.82) is 0 Å². The van der Waals surface area contributed by atoms with E-state index in [4.69, 9.17) is 9.47 Å². The molecule has 0 aromatic heterocycles. The second kappa shape index (κ2) is 10.5. The van der Waals surface area contributed by atoms with Gasteiger partial charge in [-0.3, -0.25) is 9.80 Å². The molecule has 4 heteroatoms. The van der Waals surface area contributed by atoms with Crippen molar-refractivity contribution in [2.75, 3.05) is 52.5 Å². The second-order valence-corrected chi connectivity index (χ2v) is 9.47. The van der Waals surface area contributed by atoms with E-state index in [1.807, 2.05) is 0 Å². The van der Waals surface area contributed by atoms with E-state index in [1.54, 1.807) is 0 Å². The molecule has 0 saturated carbocycles. The first-order valence-electron chi connectivity index (χ1n) is 12.0. The van der Waals surface area contributed by atoms with Crippen LogP contribution in [0, 0.1) is 0 Å². The molecule has 31 heavy (non-hydrogen) atoms. The number of rotatable bonds is 10. The van der Waals surface area contributed by atoms with Gasteiger partial charge in [0, 0.05) is 18.5 Å². The van der Waals surface area contributed by atoms with Crippen LogP contribution < -0.4 is 9.47 Å². The van der Waals surface area contributed by atoms with Crippen LogP contribution >= 0.6 is 0 Å². The van der Waals surface area contributed by atoms with Crippen molar-refractivity contribution in [1.82, 2.24) is 9.80 Å². The Morgan fingerprint density at radius 2 is 0.968 bits per heavy atom. The summed E-state index contributed by atoms with van der Waals surface area (Å²) in [5.41, 5.74) is 2.52. The van der Waals surface area contributed by atoms with E-state index < -0.39 is 0 Å². The lowest BCUT2D eigenvalue weighted by atomic mass is 9.78. The maximum Gasteiger partial charge on any atom is 0.119 e. The largest absolute Gasteiger partial charge is 0.492 e. The first-order chi connectivity index (χ1) is 15.1. The van der Waals surface area contributed by atoms with E-state index in [-0.39, 0.29) is 5.41 Å². The lowest BCUT2D eigenvalue weighted by Gasteiger charge is -2.26. The number of ether oxygens (including phenoxy) is 2. The standard InChI is InChI=1S/C27H38N2O2/c1-27(2,23-7-11-25(12-8-23)30-21-19-28-15-3-4-16-28)24-9-13-26(14-10-24)31-22-20-29-17-5-6-18-29/h7-14H,3-6,15-22H2,1-2H3. The van der Waals surface area contributed by atoms with Gasteiger partial charge in [0.05, 0.1) is 0 Å². The van der Waals surface area contributed by atoms with Crippen molar-refractivity contribution in [3.63, 3.8) is 0 Å². The third-order valence-electron chi connectivity index (χ3n) is 6.90. The molecule has 0 unspecified atom stereocenters. The third kappa shape index (κ3) is 6.02. The molecule has 4 rings (SSSR count). The minimum absolute atomic E-state index is 0.0673. The fraction of sp³-hybridized carbons (Fsp3) is 0.556. The molecule has 0 spiro atoms. The molecule has 168 valence electrons. The Morgan fingerprint density at radius 3 is 1.32 bits per heavy atom. The molecule has 0 aliphatic carbocycles. The van der Waals surface area contributed by atoms with Gasteiger partial charge in [-0.05, 0) is 87.3 Å². The van der Waals surface area contributed by atoms with Crippen molar-refractivity contribution >= 4 is 0 Å². The molecule has 4 nitrogen and oxygen atoms in total. The zero-order chi connectivity index (χ0) is 21.5. The summed E-state index contributed by atoms with van der Waals surface area (Å²) >= 11 is 0. The second-order valence-electron chi connectivity index (χ2n) is 9.47. The first kappa shape index (κ1) is 22.2. The molecule has 2 aliphatic heterocycles. The van der Waals surface area contributed by atoms with Crippen LogP contribution in [0.25, 0.3) is 0 Å². The third-order valence-corrected chi connectivity index (χ3v) is 6.90. The van der Waals surface area contributed by atoms with Gasteiger partial charge in [-0.1, -0.05) is 38.1 Å². The highest BCUT2D eigenvalue weighted by Gasteiger charge is 2.23. The number of likely N-dealkylation sites (tertiary alicyclic amines) is 2. The van der Waals surface area contributed by atoms with Gasteiger partial charge in [0.15, 0.2) is 0 Å². The zero-order valence-corrected chi connectivity index (χ0v) is 19.3. The Kier molecular flexibility index (Phi) is 7.52. The Bertz CT molecular complexity index is 721. The molecule has 2 aromatic rings. The van der Waals surface area contributed by atoms with Crippen molar-refractivity contribution in [2.24, 2.45) is 0 Å². The molecule has 0 atom stereocenters. The topological polar surface area (TPSA) is 24.9 Å². The van der Waals surface area contributed by atoms with Crippen LogP contribution in [-0.4, -0.2) is 62.3 Å². The lowest BCUT2D eigenvalue weighted by molar-refractivity contribution is 0.237. The van der Waals surface area contributed by atoms with Crippen molar-refractivity contribution < 1.29 is 9.47 Å². The molecule has 0 N–H and O–H groups in total. The van der Waals surface area contributed by atoms with Gasteiger partial charge in [-0.15, -0.1) is 0 Å². The van der Waals surface area contributed by atoms with E-state index >= 15 is 0 Å². The molecule has 0 bridgehead atoms. The summed E-state index contributed by atoms with van der Waals surface area (Å²) in [6.45, 7) is 13.0. The molecule has 0 amide bonds. The van der Waals surface area contributed by atoms with Crippen LogP contribution in [0.2, 0.25) is 0 Å². The van der Waals surface area contributed by atoms with Gasteiger partial charge in [0.2, 0.25) is 0 Å². The predicted molar refractivity (Wildman–Crippen MR) is 127 cm³/mol. The zero-order valence-electron chi connectivity index (χ0n) is 19.3. The number of hydrogen-bond acceptors (Lipinski definition) is 4. The van der Waals surface area contributed by atoms with Crippen LogP contribution in [0.4, 0.5) is 0 Å². The van der Waals surface area contributed by atoms with Gasteiger partial charge in [-0.25, -0.2) is 0 Å². The van der Waals surface area contributed by atoms with Gasteiger partial charge >= 0.3 is 0 Å². The van der Waals surface area contributed by atoms with Gasteiger partial charge in [0.1, 0.15) is 24.7 Å². The smallest absolute Gasteiger partial charge is 0.119 e. The Balaban J connectivity index is 1.28. The molecule has 2 aliphatic rings. The number of nitrogens with zero attached hydrogens (tertiary/aromatic N) is 2. The summed E-state index contributed by atoms with van der Waals surface area (Å²) in [5.74, 6) is 1.92. The normalized spacial score (nSPS) is 17.9. The van der Waals surface area contributed by atoms with Crippen LogP contribution in [-0.2, 0) is 5.41 Å². The van der Waals surface area contributed by atoms with E-state index in [2.05, 4.69) is 72.2 Å². The van der Waals surface area contributed by atoms with Gasteiger partial charge < -0.3 is 9.47 Å². The van der Waals surface area contributed by atoms with Crippen LogP contribution in [0.5, 0.6) is 11.5 Å². The minimum atomic E-state index is -0.0673. The summed E-state index contributed by atoms with van der Waals surface area (Å²) in [5, 5.41) is 0. The fourth-order valence-electron chi connectivity index (χ4n) is 4.70. The van der Waals surface area contributed by atoms with Crippen LogP contribution in [0.3, 0.4) is 0 Å². The van der Waals surface area contributed by atoms with Crippen LogP contribution in [0.1, 0.15) is 50.7 Å². The highest BCUT2D eigenvalue weighted by Crippen LogP contribution is 2.33. The monoisotopic (exact) mass is 422 g/mol. The maximum absolute atomic E-state index is 5.97. The van der Waals surface area contributed by atoms with Crippen molar-refractivity contribution in [3.8, 4) is 11.5 Å². The summed E-state index contributed by atoms with van der Waals surface area (Å²) in [7, 11) is 0. The molecule has 2 saturated heterocycles. The molecule has 0 radical (unpaired) electrons. The summed E-state index contributed by atoms with van der Waals surface area (Å²) < 4.78 is 11.9. The molecular formula is C27H38N2O2. The van der Waals surface area contributed by atoms with Crippen molar-refractivity contribution in [3.05, 3.63) is 59.7 Å². The predicted octanol–water partition coefficient (Wildman–Crippen LogP) is 4.96. The Labute approximate surface area is 188 Å². The summed E-state index contributed by atoms with van der Waals surface area (Å²) in [6, 6.07) is 17.2. The van der Waals surface area contributed by atoms with E-state index in [0.717, 1.165) is 37.8 Å². The SMILES string of the molecule is CC(C)(c1ccc(OCCN2CCCC2)cc1)c1ccc(OCCN2CCCC2)cc1. The van der Waals surface area contributed by atoms with Crippen molar-refractivity contribution in [2.45, 2.75) is 44.9 Å². The number of hydrogen-bond donors (Lipinski definition) is 0. The minimum Gasteiger partial charge on any atom is -0.492 e. The summed E-state index contributed by atoms with van der Waals surface area (Å²) in [4.78, 5) is 4.97. The lowest BCUT2D eigenvalue weighted by Crippen LogP contribution is -2.25.